The maximum Gasteiger partial charge on any atom is 0.236 e. The number of benzene rings is 1. The number of hydrogen-bond acceptors (Lipinski definition) is 5. The van der Waals surface area contributed by atoms with Crippen LogP contribution in [0.5, 0.6) is 5.75 Å². The second kappa shape index (κ2) is 6.91. The molecule has 1 aromatic carbocycles. The molecule has 1 fully saturated rings. The van der Waals surface area contributed by atoms with Crippen molar-refractivity contribution in [2.24, 2.45) is 5.10 Å². The molecule has 0 radical (unpaired) electrons. The molecular formula is C14H19N3O3. The van der Waals surface area contributed by atoms with Crippen LogP contribution in [-0.2, 0) is 9.53 Å². The summed E-state index contributed by atoms with van der Waals surface area (Å²) in [6.07, 6.45) is 1.57. The van der Waals surface area contributed by atoms with Gasteiger partial charge in [0.15, 0.2) is 0 Å². The highest BCUT2D eigenvalue weighted by Crippen LogP contribution is 2.25. The third-order valence-corrected chi connectivity index (χ3v) is 3.02. The number of nitrogens with one attached hydrogen (secondary N) is 1. The van der Waals surface area contributed by atoms with Crippen LogP contribution in [0.1, 0.15) is 12.5 Å². The smallest absolute Gasteiger partial charge is 0.236 e. The van der Waals surface area contributed by atoms with Crippen molar-refractivity contribution in [1.29, 1.82) is 0 Å². The number of anilines is 1. The number of nitrogens with zero attached hydrogens (tertiary/aromatic N) is 2. The first kappa shape index (κ1) is 14.3. The zero-order valence-electron chi connectivity index (χ0n) is 11.8. The highest BCUT2D eigenvalue weighted by atomic mass is 16.5. The number of carbonyl (C=O) groups excluding carboxylic acids is 1. The van der Waals surface area contributed by atoms with Gasteiger partial charge in [-0.15, -0.1) is 0 Å². The first-order chi connectivity index (χ1) is 9.70. The van der Waals surface area contributed by atoms with Crippen molar-refractivity contribution in [1.82, 2.24) is 5.43 Å². The molecule has 1 heterocycles. The summed E-state index contributed by atoms with van der Waals surface area (Å²) < 4.78 is 10.7. The van der Waals surface area contributed by atoms with E-state index in [-0.39, 0.29) is 5.91 Å². The number of ether oxygens (including phenoxy) is 2. The minimum Gasteiger partial charge on any atom is -0.496 e. The molecule has 0 atom stereocenters. The lowest BCUT2D eigenvalue weighted by Gasteiger charge is -2.29. The highest BCUT2D eigenvalue weighted by molar-refractivity contribution is 5.85. The molecule has 20 heavy (non-hydrogen) atoms. The van der Waals surface area contributed by atoms with E-state index in [1.165, 1.54) is 6.92 Å². The summed E-state index contributed by atoms with van der Waals surface area (Å²) in [4.78, 5) is 13.0. The van der Waals surface area contributed by atoms with Crippen LogP contribution >= 0.6 is 0 Å². The van der Waals surface area contributed by atoms with Gasteiger partial charge in [0.2, 0.25) is 5.91 Å². The molecule has 1 aliphatic rings. The first-order valence-electron chi connectivity index (χ1n) is 6.51. The predicted octanol–water partition coefficient (Wildman–Crippen LogP) is 1.00. The summed E-state index contributed by atoms with van der Waals surface area (Å²) >= 11 is 0. The number of morpholine rings is 1. The van der Waals surface area contributed by atoms with Crippen LogP contribution in [0.25, 0.3) is 0 Å². The maximum atomic E-state index is 10.8. The number of hydrogen-bond donors (Lipinski definition) is 1. The molecule has 2 rings (SSSR count). The molecule has 0 bridgehead atoms. The van der Waals surface area contributed by atoms with Crippen molar-refractivity contribution in [2.45, 2.75) is 6.92 Å². The predicted molar refractivity (Wildman–Crippen MR) is 77.4 cm³/mol. The molecule has 1 N–H and O–H groups in total. The summed E-state index contributed by atoms with van der Waals surface area (Å²) in [6, 6.07) is 5.92. The van der Waals surface area contributed by atoms with Crippen LogP contribution in [-0.4, -0.2) is 45.5 Å². The van der Waals surface area contributed by atoms with E-state index in [1.807, 2.05) is 18.2 Å². The summed E-state index contributed by atoms with van der Waals surface area (Å²) in [5.41, 5.74) is 4.29. The van der Waals surface area contributed by atoms with Crippen LogP contribution in [0.4, 0.5) is 5.69 Å². The molecule has 1 aliphatic heterocycles. The van der Waals surface area contributed by atoms with E-state index >= 15 is 0 Å². The van der Waals surface area contributed by atoms with Crippen molar-refractivity contribution in [3.05, 3.63) is 23.8 Å². The van der Waals surface area contributed by atoms with Crippen LogP contribution in [0, 0.1) is 0 Å². The number of carbonyl (C=O) groups is 1. The van der Waals surface area contributed by atoms with E-state index in [0.29, 0.717) is 0 Å². The first-order valence-corrected chi connectivity index (χ1v) is 6.51. The molecule has 6 heteroatoms. The van der Waals surface area contributed by atoms with Crippen molar-refractivity contribution >= 4 is 17.8 Å². The van der Waals surface area contributed by atoms with Crippen molar-refractivity contribution in [2.75, 3.05) is 38.3 Å². The standard InChI is InChI=1S/C14H19N3O3/c1-11(18)16-15-10-12-3-4-13(9-14(12)19-2)17-5-7-20-8-6-17/h3-4,9-10H,5-8H2,1-2H3,(H,16,18)/b15-10-. The quantitative estimate of drug-likeness (QED) is 0.659. The van der Waals surface area contributed by atoms with E-state index < -0.39 is 0 Å². The molecule has 0 aromatic heterocycles. The van der Waals surface area contributed by atoms with Crippen molar-refractivity contribution in [3.8, 4) is 5.75 Å². The van der Waals surface area contributed by atoms with Crippen LogP contribution in [0.3, 0.4) is 0 Å². The van der Waals surface area contributed by atoms with E-state index in [4.69, 9.17) is 9.47 Å². The summed E-state index contributed by atoms with van der Waals surface area (Å²) in [5.74, 6) is 0.522. The summed E-state index contributed by atoms with van der Waals surface area (Å²) in [5, 5.41) is 3.85. The van der Waals surface area contributed by atoms with Gasteiger partial charge in [0.05, 0.1) is 26.5 Å². The van der Waals surface area contributed by atoms with Gasteiger partial charge >= 0.3 is 0 Å². The second-order valence-electron chi connectivity index (χ2n) is 4.45. The van der Waals surface area contributed by atoms with Gasteiger partial charge in [0.1, 0.15) is 5.75 Å². The van der Waals surface area contributed by atoms with Gasteiger partial charge in [-0.2, -0.15) is 5.10 Å². The number of hydrazone groups is 1. The topological polar surface area (TPSA) is 63.2 Å². The number of rotatable bonds is 4. The fraction of sp³-hybridized carbons (Fsp3) is 0.429. The van der Waals surface area contributed by atoms with Crippen LogP contribution < -0.4 is 15.1 Å². The zero-order valence-corrected chi connectivity index (χ0v) is 11.8. The van der Waals surface area contributed by atoms with Gasteiger partial charge in [-0.05, 0) is 12.1 Å². The van der Waals surface area contributed by atoms with Crippen LogP contribution in [0.2, 0.25) is 0 Å². The number of amides is 1. The van der Waals surface area contributed by atoms with Crippen molar-refractivity contribution in [3.63, 3.8) is 0 Å². The molecule has 108 valence electrons. The lowest BCUT2D eigenvalue weighted by molar-refractivity contribution is -0.118. The molecule has 0 unspecified atom stereocenters. The monoisotopic (exact) mass is 277 g/mol. The number of methoxy groups -OCH3 is 1. The molecule has 0 spiro atoms. The largest absolute Gasteiger partial charge is 0.496 e. The Morgan fingerprint density at radius 2 is 2.20 bits per heavy atom. The van der Waals surface area contributed by atoms with E-state index in [1.54, 1.807) is 13.3 Å². The lowest BCUT2D eigenvalue weighted by atomic mass is 10.1. The van der Waals surface area contributed by atoms with Gasteiger partial charge in [-0.3, -0.25) is 4.79 Å². The van der Waals surface area contributed by atoms with Gasteiger partial charge in [0.25, 0.3) is 0 Å². The van der Waals surface area contributed by atoms with Gasteiger partial charge in [0, 0.05) is 37.3 Å². The summed E-state index contributed by atoms with van der Waals surface area (Å²) in [6.45, 7) is 4.66. The average Bonchev–Trinajstić information content (AvgIpc) is 2.48. The molecule has 0 saturated carbocycles. The molecular weight excluding hydrogens is 258 g/mol. The van der Waals surface area contributed by atoms with Gasteiger partial charge in [-0.25, -0.2) is 5.43 Å². The average molecular weight is 277 g/mol. The molecule has 1 saturated heterocycles. The maximum absolute atomic E-state index is 10.8. The minimum absolute atomic E-state index is 0.204. The SMILES string of the molecule is COc1cc(N2CCOCC2)ccc1/C=N\NC(C)=O. The van der Waals surface area contributed by atoms with E-state index in [0.717, 1.165) is 43.3 Å². The Labute approximate surface area is 118 Å². The highest BCUT2D eigenvalue weighted by Gasteiger charge is 2.12. The molecule has 1 aromatic rings. The Bertz CT molecular complexity index is 496. The van der Waals surface area contributed by atoms with Gasteiger partial charge in [-0.1, -0.05) is 0 Å². The van der Waals surface area contributed by atoms with E-state index in [2.05, 4.69) is 15.4 Å². The summed E-state index contributed by atoms with van der Waals surface area (Å²) in [7, 11) is 1.62. The Morgan fingerprint density at radius 1 is 1.45 bits per heavy atom. The second-order valence-corrected chi connectivity index (χ2v) is 4.45. The van der Waals surface area contributed by atoms with Crippen LogP contribution in [0.15, 0.2) is 23.3 Å². The third kappa shape index (κ3) is 3.71. The zero-order chi connectivity index (χ0) is 14.4. The Balaban J connectivity index is 2.14. The fourth-order valence-electron chi connectivity index (χ4n) is 2.02. The third-order valence-electron chi connectivity index (χ3n) is 3.02. The normalized spacial score (nSPS) is 15.4. The van der Waals surface area contributed by atoms with Crippen molar-refractivity contribution < 1.29 is 14.3 Å². The Hall–Kier alpha value is -2.08. The fourth-order valence-corrected chi connectivity index (χ4v) is 2.02. The molecule has 0 aliphatic carbocycles. The minimum atomic E-state index is -0.204. The van der Waals surface area contributed by atoms with Gasteiger partial charge < -0.3 is 14.4 Å². The molecule has 6 nitrogen and oxygen atoms in total. The Morgan fingerprint density at radius 3 is 2.85 bits per heavy atom. The van der Waals surface area contributed by atoms with E-state index in [9.17, 15) is 4.79 Å². The Kier molecular flexibility index (Phi) is 4.95. The molecule has 1 amide bonds. The lowest BCUT2D eigenvalue weighted by Crippen LogP contribution is -2.36.